The topological polar surface area (TPSA) is 0 Å². The highest BCUT2D eigenvalue weighted by atomic mass is 32.2. The molecular weight excluding hydrogens is 227 g/mol. The lowest BCUT2D eigenvalue weighted by molar-refractivity contribution is 0.595. The van der Waals surface area contributed by atoms with Crippen LogP contribution < -0.4 is 0 Å². The van der Waals surface area contributed by atoms with Gasteiger partial charge < -0.3 is 0 Å². The number of halogens is 1. The van der Waals surface area contributed by atoms with Crippen molar-refractivity contribution >= 4 is 24.4 Å². The molecule has 0 saturated heterocycles. The Morgan fingerprint density at radius 2 is 2.00 bits per heavy atom. The average Bonchev–Trinajstić information content (AvgIpc) is 2.26. The first kappa shape index (κ1) is 12.9. The van der Waals surface area contributed by atoms with E-state index < -0.39 is 0 Å². The van der Waals surface area contributed by atoms with E-state index in [0.717, 1.165) is 16.4 Å². The molecule has 1 rings (SSSR count). The first-order valence-corrected chi connectivity index (χ1v) is 6.87. The third kappa shape index (κ3) is 4.94. The van der Waals surface area contributed by atoms with Crippen molar-refractivity contribution in [1.29, 1.82) is 0 Å². The summed E-state index contributed by atoms with van der Waals surface area (Å²) in [5.74, 6) is 2.50. The molecule has 1 atom stereocenters. The lowest BCUT2D eigenvalue weighted by Crippen LogP contribution is -2.04. The lowest BCUT2D eigenvalue weighted by Gasteiger charge is -2.12. The summed E-state index contributed by atoms with van der Waals surface area (Å²) in [5, 5.41) is 0. The predicted molar refractivity (Wildman–Crippen MR) is 69.4 cm³/mol. The summed E-state index contributed by atoms with van der Waals surface area (Å²) < 4.78 is 12.7. The molecule has 0 aromatic heterocycles. The molecule has 0 saturated carbocycles. The maximum absolute atomic E-state index is 12.7. The minimum Gasteiger partial charge on any atom is -0.207 e. The summed E-state index contributed by atoms with van der Waals surface area (Å²) in [6.45, 7) is 2.19. The van der Waals surface area contributed by atoms with Crippen LogP contribution >= 0.6 is 24.4 Å². The Kier molecular flexibility index (Phi) is 6.18. The Labute approximate surface area is 101 Å². The van der Waals surface area contributed by atoms with Gasteiger partial charge >= 0.3 is 0 Å². The van der Waals surface area contributed by atoms with Crippen LogP contribution in [0.5, 0.6) is 0 Å². The smallest absolute Gasteiger partial charge is 0.123 e. The van der Waals surface area contributed by atoms with Crippen LogP contribution in [-0.2, 0) is 0 Å². The Hall–Kier alpha value is -0.150. The third-order valence-corrected chi connectivity index (χ3v) is 4.01. The molecule has 0 heterocycles. The molecule has 0 spiro atoms. The van der Waals surface area contributed by atoms with Gasteiger partial charge in [-0.1, -0.05) is 13.3 Å². The third-order valence-electron chi connectivity index (χ3n) is 2.25. The summed E-state index contributed by atoms with van der Waals surface area (Å²) in [6.07, 6.45) is 2.42. The number of rotatable bonds is 6. The second kappa shape index (κ2) is 7.18. The van der Waals surface area contributed by atoms with Crippen LogP contribution in [0.3, 0.4) is 0 Å². The summed E-state index contributed by atoms with van der Waals surface area (Å²) in [6, 6.07) is 6.69. The normalized spacial score (nSPS) is 12.7. The summed E-state index contributed by atoms with van der Waals surface area (Å²) in [7, 11) is 0. The lowest BCUT2D eigenvalue weighted by atomic mass is 10.1. The monoisotopic (exact) mass is 244 g/mol. The van der Waals surface area contributed by atoms with E-state index in [4.69, 9.17) is 0 Å². The van der Waals surface area contributed by atoms with Crippen molar-refractivity contribution in [3.8, 4) is 0 Å². The minimum atomic E-state index is -0.168. The highest BCUT2D eigenvalue weighted by molar-refractivity contribution is 7.99. The molecule has 1 unspecified atom stereocenters. The van der Waals surface area contributed by atoms with Crippen LogP contribution in [0, 0.1) is 11.7 Å². The van der Waals surface area contributed by atoms with Crippen molar-refractivity contribution < 1.29 is 4.39 Å². The van der Waals surface area contributed by atoms with Gasteiger partial charge in [-0.2, -0.15) is 12.6 Å². The van der Waals surface area contributed by atoms with Gasteiger partial charge in [0, 0.05) is 10.6 Å². The molecule has 0 fully saturated rings. The zero-order valence-electron chi connectivity index (χ0n) is 8.95. The first-order valence-electron chi connectivity index (χ1n) is 5.25. The Balaban J connectivity index is 2.38. The highest BCUT2D eigenvalue weighted by Gasteiger charge is 2.06. The molecule has 0 radical (unpaired) electrons. The van der Waals surface area contributed by atoms with E-state index >= 15 is 0 Å². The highest BCUT2D eigenvalue weighted by Crippen LogP contribution is 2.23. The molecule has 1 aromatic rings. The van der Waals surface area contributed by atoms with Crippen molar-refractivity contribution in [1.82, 2.24) is 0 Å². The standard InChI is InChI=1S/C12H17FS2/c1-2-3-10(8-14)9-15-12-6-4-11(13)5-7-12/h4-7,10,14H,2-3,8-9H2,1H3. The molecule has 0 bridgehead atoms. The minimum absolute atomic E-state index is 0.168. The van der Waals surface area contributed by atoms with Crippen LogP contribution in [0.1, 0.15) is 19.8 Å². The van der Waals surface area contributed by atoms with E-state index in [-0.39, 0.29) is 5.82 Å². The Morgan fingerprint density at radius 1 is 1.33 bits per heavy atom. The average molecular weight is 244 g/mol. The second-order valence-electron chi connectivity index (χ2n) is 3.60. The summed E-state index contributed by atoms with van der Waals surface area (Å²) in [4.78, 5) is 1.14. The van der Waals surface area contributed by atoms with Gasteiger partial charge in [0.2, 0.25) is 0 Å². The van der Waals surface area contributed by atoms with E-state index in [0.29, 0.717) is 5.92 Å². The van der Waals surface area contributed by atoms with Crippen LogP contribution in [0.2, 0.25) is 0 Å². The van der Waals surface area contributed by atoms with E-state index in [1.54, 1.807) is 11.8 Å². The maximum atomic E-state index is 12.7. The SMILES string of the molecule is CCCC(CS)CSc1ccc(F)cc1. The maximum Gasteiger partial charge on any atom is 0.123 e. The molecule has 0 aliphatic heterocycles. The van der Waals surface area contributed by atoms with Crippen molar-refractivity contribution in [3.63, 3.8) is 0 Å². The van der Waals surface area contributed by atoms with Gasteiger partial charge in [0.1, 0.15) is 5.82 Å². The van der Waals surface area contributed by atoms with Gasteiger partial charge in [0.05, 0.1) is 0 Å². The van der Waals surface area contributed by atoms with Gasteiger partial charge in [0.15, 0.2) is 0 Å². The fourth-order valence-electron chi connectivity index (χ4n) is 1.38. The van der Waals surface area contributed by atoms with E-state index in [9.17, 15) is 4.39 Å². The van der Waals surface area contributed by atoms with Crippen LogP contribution in [0.25, 0.3) is 0 Å². The molecule has 0 N–H and O–H groups in total. The molecule has 0 amide bonds. The van der Waals surface area contributed by atoms with E-state index in [1.165, 1.54) is 25.0 Å². The number of hydrogen-bond donors (Lipinski definition) is 1. The molecule has 0 nitrogen and oxygen atoms in total. The quantitative estimate of drug-likeness (QED) is 0.576. The molecule has 3 heteroatoms. The van der Waals surface area contributed by atoms with Crippen molar-refractivity contribution in [2.75, 3.05) is 11.5 Å². The fourth-order valence-corrected chi connectivity index (χ4v) is 2.91. The molecule has 0 aliphatic carbocycles. The Bertz CT molecular complexity index is 271. The fraction of sp³-hybridized carbons (Fsp3) is 0.500. The Morgan fingerprint density at radius 3 is 2.53 bits per heavy atom. The van der Waals surface area contributed by atoms with Gasteiger partial charge in [-0.25, -0.2) is 4.39 Å². The van der Waals surface area contributed by atoms with Crippen molar-refractivity contribution in [2.24, 2.45) is 5.92 Å². The van der Waals surface area contributed by atoms with Gasteiger partial charge in [0.25, 0.3) is 0 Å². The molecule has 1 aromatic carbocycles. The zero-order chi connectivity index (χ0) is 11.1. The van der Waals surface area contributed by atoms with Crippen molar-refractivity contribution in [2.45, 2.75) is 24.7 Å². The number of hydrogen-bond acceptors (Lipinski definition) is 2. The largest absolute Gasteiger partial charge is 0.207 e. The summed E-state index contributed by atoms with van der Waals surface area (Å²) >= 11 is 6.13. The van der Waals surface area contributed by atoms with E-state index in [1.807, 2.05) is 12.1 Å². The van der Waals surface area contributed by atoms with Crippen LogP contribution in [0.4, 0.5) is 4.39 Å². The molecule has 0 aliphatic rings. The molecule has 15 heavy (non-hydrogen) atoms. The van der Waals surface area contributed by atoms with Crippen molar-refractivity contribution in [3.05, 3.63) is 30.1 Å². The van der Waals surface area contributed by atoms with Gasteiger partial charge in [-0.3, -0.25) is 0 Å². The van der Waals surface area contributed by atoms with Gasteiger partial charge in [-0.15, -0.1) is 11.8 Å². The molecule has 84 valence electrons. The van der Waals surface area contributed by atoms with Crippen LogP contribution in [-0.4, -0.2) is 11.5 Å². The van der Waals surface area contributed by atoms with Gasteiger partial charge in [-0.05, 0) is 42.4 Å². The van der Waals surface area contributed by atoms with Crippen LogP contribution in [0.15, 0.2) is 29.2 Å². The number of thiol groups is 1. The zero-order valence-corrected chi connectivity index (χ0v) is 10.7. The number of thioether (sulfide) groups is 1. The summed E-state index contributed by atoms with van der Waals surface area (Å²) in [5.41, 5.74) is 0. The predicted octanol–water partition coefficient (Wildman–Crippen LogP) is 4.26. The van der Waals surface area contributed by atoms with E-state index in [2.05, 4.69) is 19.6 Å². The first-order chi connectivity index (χ1) is 7.26. The number of benzene rings is 1. The second-order valence-corrected chi connectivity index (χ2v) is 5.06. The molecular formula is C12H17FS2.